The van der Waals surface area contributed by atoms with Crippen molar-refractivity contribution in [1.82, 2.24) is 0 Å². The van der Waals surface area contributed by atoms with Gasteiger partial charge in [-0.3, -0.25) is 0 Å². The van der Waals surface area contributed by atoms with E-state index >= 15 is 0 Å². The molecule has 0 radical (unpaired) electrons. The van der Waals surface area contributed by atoms with Crippen LogP contribution in [0.2, 0.25) is 0 Å². The van der Waals surface area contributed by atoms with E-state index in [2.05, 4.69) is 66.2 Å². The largest absolute Gasteiger partial charge is 0.0752 e. The number of hydrogen-bond acceptors (Lipinski definition) is 0. The van der Waals surface area contributed by atoms with E-state index in [0.717, 1.165) is 0 Å². The van der Waals surface area contributed by atoms with E-state index in [-0.39, 0.29) is 0 Å². The molecule has 0 bridgehead atoms. The topological polar surface area (TPSA) is 0 Å². The Labute approximate surface area is 96.7 Å². The molecule has 0 atom stereocenters. The van der Waals surface area contributed by atoms with E-state index in [1.165, 1.54) is 30.1 Å². The molecule has 0 aliphatic heterocycles. The second-order valence-corrected chi connectivity index (χ2v) is 4.59. The van der Waals surface area contributed by atoms with Crippen LogP contribution in [0, 0.1) is 0 Å². The molecule has 0 saturated heterocycles. The quantitative estimate of drug-likeness (QED) is 0.538. The van der Waals surface area contributed by atoms with Crippen molar-refractivity contribution in [2.75, 3.05) is 0 Å². The Hall–Kier alpha value is -1.65. The van der Waals surface area contributed by atoms with Gasteiger partial charge < -0.3 is 0 Å². The van der Waals surface area contributed by atoms with E-state index in [0.29, 0.717) is 0 Å². The molecule has 3 rings (SSSR count). The molecule has 0 unspecified atom stereocenters. The average molecular weight is 222 g/mol. The molecule has 76 valence electrons. The van der Waals surface area contributed by atoms with Crippen LogP contribution in [0.1, 0.15) is 0 Å². The first-order valence-electron chi connectivity index (χ1n) is 5.33. The lowest BCUT2D eigenvalue weighted by Crippen LogP contribution is -1.78. The summed E-state index contributed by atoms with van der Waals surface area (Å²) < 4.78 is 0. The Morgan fingerprint density at radius 2 is 1.44 bits per heavy atom. The predicted molar refractivity (Wildman–Crippen MR) is 71.9 cm³/mol. The van der Waals surface area contributed by atoms with E-state index < -0.39 is 0 Å². The van der Waals surface area contributed by atoms with Crippen molar-refractivity contribution in [3.63, 3.8) is 0 Å². The summed E-state index contributed by atoms with van der Waals surface area (Å²) in [6.45, 7) is 0. The van der Waals surface area contributed by atoms with Crippen molar-refractivity contribution in [3.8, 4) is 11.1 Å². The van der Waals surface area contributed by atoms with E-state index in [1.807, 2.05) is 0 Å². The maximum atomic E-state index is 2.28. The fourth-order valence-electron chi connectivity index (χ4n) is 1.96. The Bertz CT molecular complexity index is 609. The number of benzene rings is 2. The molecule has 0 N–H and O–H groups in total. The number of fused-ring (bicyclic) bond motifs is 1. The lowest BCUT2D eigenvalue weighted by molar-refractivity contribution is 1.68. The standard InChI is InChI=1S/C15H11P/c1-2-6-12(7-3-1)15-11-16-10-13-8-4-5-9-14(13)15/h1-11H. The molecule has 0 spiro atoms. The Balaban J connectivity index is 2.32. The zero-order chi connectivity index (χ0) is 10.8. The first kappa shape index (κ1) is 9.57. The van der Waals surface area contributed by atoms with Crippen LogP contribution in [0.5, 0.6) is 0 Å². The molecule has 1 heteroatoms. The van der Waals surface area contributed by atoms with Crippen molar-refractivity contribution >= 4 is 19.0 Å². The van der Waals surface area contributed by atoms with Crippen LogP contribution in [-0.2, 0) is 0 Å². The molecule has 0 amide bonds. The molecule has 0 saturated carbocycles. The van der Waals surface area contributed by atoms with Gasteiger partial charge in [0, 0.05) is 0 Å². The highest BCUT2D eigenvalue weighted by Crippen LogP contribution is 2.31. The molecule has 0 nitrogen and oxygen atoms in total. The molecular weight excluding hydrogens is 211 g/mol. The van der Waals surface area contributed by atoms with Crippen LogP contribution in [0.15, 0.2) is 66.2 Å². The van der Waals surface area contributed by atoms with Gasteiger partial charge in [-0.05, 0) is 33.5 Å². The fourth-order valence-corrected chi connectivity index (χ4v) is 2.86. The first-order chi connectivity index (χ1) is 7.95. The third kappa shape index (κ3) is 1.62. The Morgan fingerprint density at radius 3 is 2.31 bits per heavy atom. The molecule has 16 heavy (non-hydrogen) atoms. The zero-order valence-electron chi connectivity index (χ0n) is 8.80. The molecule has 1 aromatic heterocycles. The summed E-state index contributed by atoms with van der Waals surface area (Å²) in [5.74, 6) is 4.53. The SMILES string of the molecule is c1ccc(-c2cpcc3ccccc23)cc1. The molecule has 0 aliphatic carbocycles. The van der Waals surface area contributed by atoms with Crippen LogP contribution in [-0.4, -0.2) is 0 Å². The van der Waals surface area contributed by atoms with Crippen molar-refractivity contribution < 1.29 is 0 Å². The third-order valence-electron chi connectivity index (χ3n) is 2.75. The van der Waals surface area contributed by atoms with Crippen LogP contribution in [0.3, 0.4) is 0 Å². The minimum absolute atomic E-state index is 1.27. The zero-order valence-corrected chi connectivity index (χ0v) is 9.69. The summed E-state index contributed by atoms with van der Waals surface area (Å²) in [5, 5.41) is 2.68. The Morgan fingerprint density at radius 1 is 0.688 bits per heavy atom. The maximum absolute atomic E-state index is 2.28. The average Bonchev–Trinajstić information content (AvgIpc) is 2.39. The van der Waals surface area contributed by atoms with Gasteiger partial charge in [-0.2, -0.15) is 0 Å². The van der Waals surface area contributed by atoms with Gasteiger partial charge in [-0.25, -0.2) is 0 Å². The van der Waals surface area contributed by atoms with Crippen molar-refractivity contribution in [2.24, 2.45) is 0 Å². The second kappa shape index (κ2) is 4.08. The van der Waals surface area contributed by atoms with Gasteiger partial charge in [0.2, 0.25) is 0 Å². The van der Waals surface area contributed by atoms with Crippen molar-refractivity contribution in [3.05, 3.63) is 66.2 Å². The summed E-state index contributed by atoms with van der Waals surface area (Å²) in [7, 11) is 1.27. The summed E-state index contributed by atoms with van der Waals surface area (Å²) in [6, 6.07) is 19.2. The minimum Gasteiger partial charge on any atom is -0.0752 e. The highest BCUT2D eigenvalue weighted by molar-refractivity contribution is 7.29. The van der Waals surface area contributed by atoms with Crippen molar-refractivity contribution in [2.45, 2.75) is 0 Å². The van der Waals surface area contributed by atoms with Gasteiger partial charge in [-0.1, -0.05) is 62.8 Å². The lowest BCUT2D eigenvalue weighted by atomic mass is 10.0. The van der Waals surface area contributed by atoms with Gasteiger partial charge in [0.1, 0.15) is 0 Å². The highest BCUT2D eigenvalue weighted by Gasteiger charge is 2.01. The fraction of sp³-hybridized carbons (Fsp3) is 0. The van der Waals surface area contributed by atoms with E-state index in [4.69, 9.17) is 0 Å². The van der Waals surface area contributed by atoms with Crippen LogP contribution in [0.25, 0.3) is 21.9 Å². The number of rotatable bonds is 1. The lowest BCUT2D eigenvalue weighted by Gasteiger charge is -2.05. The summed E-state index contributed by atoms with van der Waals surface area (Å²) in [6.07, 6.45) is 0. The first-order valence-corrected chi connectivity index (χ1v) is 6.36. The highest BCUT2D eigenvalue weighted by atomic mass is 31.0. The monoisotopic (exact) mass is 222 g/mol. The van der Waals surface area contributed by atoms with E-state index in [1.54, 1.807) is 0 Å². The smallest absolute Gasteiger partial charge is 0.00597 e. The molecule has 2 aromatic carbocycles. The van der Waals surface area contributed by atoms with Crippen LogP contribution < -0.4 is 0 Å². The van der Waals surface area contributed by atoms with Gasteiger partial charge in [-0.15, -0.1) is 0 Å². The molecule has 0 fully saturated rings. The van der Waals surface area contributed by atoms with Gasteiger partial charge in [0.05, 0.1) is 0 Å². The molecule has 0 aliphatic rings. The van der Waals surface area contributed by atoms with Crippen molar-refractivity contribution in [1.29, 1.82) is 0 Å². The Kier molecular flexibility index (Phi) is 2.44. The normalized spacial score (nSPS) is 11.0. The maximum Gasteiger partial charge on any atom is -0.00597 e. The molecule has 1 heterocycles. The van der Waals surface area contributed by atoms with Gasteiger partial charge in [0.25, 0.3) is 0 Å². The summed E-state index contributed by atoms with van der Waals surface area (Å²) in [4.78, 5) is 0. The van der Waals surface area contributed by atoms with Gasteiger partial charge >= 0.3 is 0 Å². The summed E-state index contributed by atoms with van der Waals surface area (Å²) in [5.41, 5.74) is 2.65. The van der Waals surface area contributed by atoms with Gasteiger partial charge in [0.15, 0.2) is 0 Å². The number of hydrogen-bond donors (Lipinski definition) is 0. The third-order valence-corrected chi connectivity index (χ3v) is 3.59. The van der Waals surface area contributed by atoms with E-state index in [9.17, 15) is 0 Å². The second-order valence-electron chi connectivity index (χ2n) is 3.77. The minimum atomic E-state index is 1.27. The predicted octanol–water partition coefficient (Wildman–Crippen LogP) is 5.09. The van der Waals surface area contributed by atoms with Crippen LogP contribution in [0.4, 0.5) is 0 Å². The van der Waals surface area contributed by atoms with Crippen LogP contribution >= 0.6 is 8.19 Å². The summed E-state index contributed by atoms with van der Waals surface area (Å²) >= 11 is 0. The molecule has 3 aromatic rings. The molecular formula is C15H11P.